The lowest BCUT2D eigenvalue weighted by atomic mass is 9.73. The van der Waals surface area contributed by atoms with Gasteiger partial charge in [-0.05, 0) is 57.1 Å². The molecule has 2 aliphatic rings. The molecular weight excluding hydrogens is 520 g/mol. The number of nitrogens with one attached hydrogen (secondary N) is 1. The lowest BCUT2D eigenvalue weighted by Gasteiger charge is -2.40. The molecule has 0 aromatic carbocycles. The minimum absolute atomic E-state index is 0.0640. The summed E-state index contributed by atoms with van der Waals surface area (Å²) in [6, 6.07) is 0. The summed E-state index contributed by atoms with van der Waals surface area (Å²) in [6.07, 6.45) is 3.34. The van der Waals surface area contributed by atoms with Gasteiger partial charge in [-0.2, -0.15) is 13.2 Å². The number of piperidine rings is 1. The van der Waals surface area contributed by atoms with Crippen LogP contribution < -0.4 is 0 Å². The van der Waals surface area contributed by atoms with E-state index in [1.54, 1.807) is 18.2 Å². The summed E-state index contributed by atoms with van der Waals surface area (Å²) < 4.78 is 49.5. The molecule has 1 amide bonds. The number of ether oxygens (including phenoxy) is 2. The summed E-state index contributed by atoms with van der Waals surface area (Å²) in [4.78, 5) is 24.6. The van der Waals surface area contributed by atoms with Gasteiger partial charge >= 0.3 is 12.1 Å². The molecule has 0 spiro atoms. The van der Waals surface area contributed by atoms with Gasteiger partial charge in [0.05, 0.1) is 10.1 Å². The van der Waals surface area contributed by atoms with Crippen molar-refractivity contribution in [3.63, 3.8) is 0 Å². The highest BCUT2D eigenvalue weighted by Crippen LogP contribution is 2.35. The molecule has 3 unspecified atom stereocenters. The summed E-state index contributed by atoms with van der Waals surface area (Å²) in [5.41, 5.74) is 1.04. The Morgan fingerprint density at radius 2 is 2.00 bits per heavy atom. The average molecular weight is 551 g/mol. The maximum absolute atomic E-state index is 12.8. The number of alkyl halides is 3. The van der Waals surface area contributed by atoms with Gasteiger partial charge in [0.2, 0.25) is 5.90 Å². The quantitative estimate of drug-likeness (QED) is 0.213. The minimum atomic E-state index is -4.97. The van der Waals surface area contributed by atoms with E-state index in [-0.39, 0.29) is 56.2 Å². The first-order valence-electron chi connectivity index (χ1n) is 11.7. The zero-order chi connectivity index (χ0) is 27.0. The topological polar surface area (TPSA) is 79.7 Å². The van der Waals surface area contributed by atoms with Crippen LogP contribution in [-0.2, 0) is 19.1 Å². The van der Waals surface area contributed by atoms with Crippen molar-refractivity contribution in [3.05, 3.63) is 45.7 Å². The predicted octanol–water partition coefficient (Wildman–Crippen LogP) is 6.12. The maximum Gasteiger partial charge on any atom is 0.471 e. The largest absolute Gasteiger partial charge is 0.487 e. The summed E-state index contributed by atoms with van der Waals surface area (Å²) >= 11 is 12.4. The fourth-order valence-corrected chi connectivity index (χ4v) is 4.97. The summed E-state index contributed by atoms with van der Waals surface area (Å²) in [6.45, 7) is 4.98. The van der Waals surface area contributed by atoms with Crippen LogP contribution in [0.4, 0.5) is 13.2 Å². The number of amides is 1. The highest BCUT2D eigenvalue weighted by atomic mass is 35.5. The number of ketones is 1. The molecule has 1 aliphatic heterocycles. The second-order valence-electron chi connectivity index (χ2n) is 8.83. The fourth-order valence-electron chi connectivity index (χ4n) is 4.35. The van der Waals surface area contributed by atoms with E-state index in [4.69, 9.17) is 38.1 Å². The van der Waals surface area contributed by atoms with Crippen LogP contribution in [0.3, 0.4) is 0 Å². The average Bonchev–Trinajstić information content (AvgIpc) is 2.93. The molecule has 0 saturated carbocycles. The smallest absolute Gasteiger partial charge is 0.471 e. The molecule has 1 aliphatic carbocycles. The monoisotopic (exact) mass is 550 g/mol. The number of Topliss-reactive ketones (excluding diaryl/α,β-unsaturated/α-hetero) is 1. The zero-order valence-corrected chi connectivity index (χ0v) is 22.0. The number of likely N-dealkylation sites (tertiary alicyclic amines) is 1. The predicted molar refractivity (Wildman–Crippen MR) is 133 cm³/mol. The third-order valence-electron chi connectivity index (χ3n) is 6.23. The summed E-state index contributed by atoms with van der Waals surface area (Å²) in [7, 11) is 0. The van der Waals surface area contributed by atoms with E-state index in [1.807, 2.05) is 13.8 Å². The normalized spacial score (nSPS) is 22.1. The van der Waals surface area contributed by atoms with Crippen molar-refractivity contribution in [1.82, 2.24) is 4.90 Å². The molecule has 2 rings (SSSR count). The Balaban J connectivity index is 1.93. The molecule has 36 heavy (non-hydrogen) atoms. The van der Waals surface area contributed by atoms with E-state index >= 15 is 0 Å². The molecule has 1 heterocycles. The Morgan fingerprint density at radius 1 is 1.31 bits per heavy atom. The molecular formula is C25H31Cl2F3N2O4. The number of carbonyl (C=O) groups excluding carboxylic acids is 2. The van der Waals surface area contributed by atoms with E-state index in [0.717, 1.165) is 5.57 Å². The molecule has 3 atom stereocenters. The van der Waals surface area contributed by atoms with Gasteiger partial charge < -0.3 is 14.4 Å². The first kappa shape index (κ1) is 30.0. The van der Waals surface area contributed by atoms with Gasteiger partial charge in [0.25, 0.3) is 0 Å². The number of hydrogen-bond acceptors (Lipinski definition) is 5. The first-order valence-corrected chi connectivity index (χ1v) is 12.4. The van der Waals surface area contributed by atoms with Gasteiger partial charge in [-0.3, -0.25) is 15.0 Å². The Bertz CT molecular complexity index is 973. The number of nitrogens with zero attached hydrogens (tertiary/aromatic N) is 1. The molecule has 0 bridgehead atoms. The van der Waals surface area contributed by atoms with E-state index in [2.05, 4.69) is 0 Å². The van der Waals surface area contributed by atoms with Crippen molar-refractivity contribution in [2.45, 2.75) is 46.2 Å². The highest BCUT2D eigenvalue weighted by Gasteiger charge is 2.46. The second kappa shape index (κ2) is 13.3. The van der Waals surface area contributed by atoms with Crippen molar-refractivity contribution in [3.8, 4) is 0 Å². The molecule has 6 nitrogen and oxygen atoms in total. The standard InChI is InChI=1S/C25H31Cl2F3N2O4/c1-4-17(18-9-10-32(14-19(18)16(3)33)24(34)25(28,29)30)6-8-22(31)35-11-12-36-23-20(26)7-5-15(2)13-21(23)27/h6-8,13,17-19,31H,4-5,9-12,14H2,1-3H3/b8-6-,31-22?. The van der Waals surface area contributed by atoms with Crippen molar-refractivity contribution < 1.29 is 32.2 Å². The van der Waals surface area contributed by atoms with Crippen LogP contribution in [0, 0.1) is 23.2 Å². The Kier molecular flexibility index (Phi) is 11.1. The maximum atomic E-state index is 12.8. The molecule has 0 aromatic rings. The Hall–Kier alpha value is -2.26. The Morgan fingerprint density at radius 3 is 2.61 bits per heavy atom. The molecule has 200 valence electrons. The second-order valence-corrected chi connectivity index (χ2v) is 9.65. The molecule has 0 aromatic heterocycles. The third kappa shape index (κ3) is 8.40. The number of rotatable bonds is 9. The lowest BCUT2D eigenvalue weighted by Crippen LogP contribution is -2.51. The van der Waals surface area contributed by atoms with Crippen molar-refractivity contribution >= 4 is 40.8 Å². The van der Waals surface area contributed by atoms with Crippen LogP contribution in [-0.4, -0.2) is 55.0 Å². The van der Waals surface area contributed by atoms with Crippen LogP contribution in [0.5, 0.6) is 0 Å². The zero-order valence-electron chi connectivity index (χ0n) is 20.5. The van der Waals surface area contributed by atoms with Gasteiger partial charge in [-0.1, -0.05) is 47.9 Å². The highest BCUT2D eigenvalue weighted by molar-refractivity contribution is 6.36. The van der Waals surface area contributed by atoms with Crippen LogP contribution >= 0.6 is 23.2 Å². The summed E-state index contributed by atoms with van der Waals surface area (Å²) in [5.74, 6) is -3.09. The van der Waals surface area contributed by atoms with Crippen molar-refractivity contribution in [2.75, 3.05) is 26.3 Å². The molecule has 0 radical (unpaired) electrons. The molecule has 1 N–H and O–H groups in total. The number of hydrogen-bond donors (Lipinski definition) is 1. The third-order valence-corrected chi connectivity index (χ3v) is 6.84. The van der Waals surface area contributed by atoms with Crippen LogP contribution in [0.1, 0.15) is 40.0 Å². The van der Waals surface area contributed by atoms with Gasteiger partial charge in [0.15, 0.2) is 5.76 Å². The van der Waals surface area contributed by atoms with E-state index in [9.17, 15) is 22.8 Å². The van der Waals surface area contributed by atoms with Gasteiger partial charge in [0.1, 0.15) is 19.0 Å². The number of halogens is 5. The molecule has 1 saturated heterocycles. The van der Waals surface area contributed by atoms with Crippen molar-refractivity contribution in [2.24, 2.45) is 17.8 Å². The molecule has 1 fully saturated rings. The lowest BCUT2D eigenvalue weighted by molar-refractivity contribution is -0.188. The van der Waals surface area contributed by atoms with Crippen molar-refractivity contribution in [1.29, 1.82) is 5.41 Å². The SMILES string of the molecule is CCC(/C=C\C(=N)OCCOC1=C(Cl)C=C(C)CC=C1Cl)C1CCN(C(=O)C(F)(F)F)CC1C(C)=O. The number of allylic oxidation sites excluding steroid dienone is 6. The first-order chi connectivity index (χ1) is 16.8. The molecule has 11 heteroatoms. The van der Waals surface area contributed by atoms with Crippen LogP contribution in [0.15, 0.2) is 45.7 Å². The number of carbonyl (C=O) groups is 2. The van der Waals surface area contributed by atoms with E-state index in [1.165, 1.54) is 13.0 Å². The van der Waals surface area contributed by atoms with Gasteiger partial charge in [0, 0.05) is 19.0 Å². The Labute approximate surface area is 219 Å². The minimum Gasteiger partial charge on any atom is -0.487 e. The summed E-state index contributed by atoms with van der Waals surface area (Å²) in [5, 5.41) is 8.82. The van der Waals surface area contributed by atoms with E-state index < -0.39 is 18.0 Å². The van der Waals surface area contributed by atoms with E-state index in [0.29, 0.717) is 33.6 Å². The van der Waals surface area contributed by atoms with Crippen LogP contribution in [0.25, 0.3) is 0 Å². The fraction of sp³-hybridized carbons (Fsp3) is 0.560. The van der Waals surface area contributed by atoms with Gasteiger partial charge in [-0.25, -0.2) is 0 Å². The van der Waals surface area contributed by atoms with Gasteiger partial charge in [-0.15, -0.1) is 0 Å². The van der Waals surface area contributed by atoms with Crippen LogP contribution in [0.2, 0.25) is 0 Å².